The van der Waals surface area contributed by atoms with E-state index in [1.807, 2.05) is 41.8 Å². The van der Waals surface area contributed by atoms with Crippen molar-refractivity contribution in [2.45, 2.75) is 18.1 Å². The summed E-state index contributed by atoms with van der Waals surface area (Å²) in [5.41, 5.74) is 3.36. The molecule has 0 spiro atoms. The van der Waals surface area contributed by atoms with Gasteiger partial charge in [0.05, 0.1) is 17.7 Å². The fourth-order valence-corrected chi connectivity index (χ4v) is 4.98. The maximum absolute atomic E-state index is 13.2. The number of benzene rings is 1. The molecular formula is C21H15BrKNO3S2. The van der Waals surface area contributed by atoms with Crippen molar-refractivity contribution in [2.24, 2.45) is 0 Å². The second kappa shape index (κ2) is 9.28. The van der Waals surface area contributed by atoms with E-state index < -0.39 is 5.97 Å². The first-order valence-corrected chi connectivity index (χ1v) is 10.7. The van der Waals surface area contributed by atoms with Gasteiger partial charge in [0.1, 0.15) is 0 Å². The summed E-state index contributed by atoms with van der Waals surface area (Å²) < 4.78 is 8.65. The molecule has 8 heteroatoms. The number of pyridine rings is 1. The van der Waals surface area contributed by atoms with E-state index in [0.717, 1.165) is 10.0 Å². The molecule has 0 saturated heterocycles. The number of nitrogens with zero attached hydrogens (tertiary/aromatic N) is 1. The number of fused-ring (bicyclic) bond motifs is 3. The third kappa shape index (κ3) is 4.14. The molecular weight excluding hydrogens is 497 g/mol. The van der Waals surface area contributed by atoms with Gasteiger partial charge in [-0.1, -0.05) is 20.1 Å². The van der Waals surface area contributed by atoms with Gasteiger partial charge in [0.15, 0.2) is 5.78 Å². The molecule has 3 heterocycles. The Morgan fingerprint density at radius 3 is 2.55 bits per heavy atom. The number of carbonyl (C=O) groups is 2. The monoisotopic (exact) mass is 511 g/mol. The Bertz CT molecular complexity index is 1240. The van der Waals surface area contributed by atoms with Crippen molar-refractivity contribution in [3.05, 3.63) is 68.6 Å². The molecule has 0 bridgehead atoms. The van der Waals surface area contributed by atoms with Crippen LogP contribution in [0.15, 0.2) is 51.3 Å². The van der Waals surface area contributed by atoms with Crippen LogP contribution in [0.1, 0.15) is 38.1 Å². The SMILES string of the molecule is CCOC(=O)c1c2c(C(=O)c3ccc(Br)cc3)sc([S-])c2n2ccc(C)cc12.[K+]. The van der Waals surface area contributed by atoms with Crippen LogP contribution in [-0.2, 0) is 17.4 Å². The molecule has 0 unspecified atom stereocenters. The summed E-state index contributed by atoms with van der Waals surface area (Å²) in [6.07, 6.45) is 1.88. The van der Waals surface area contributed by atoms with Crippen LogP contribution in [-0.4, -0.2) is 22.8 Å². The Morgan fingerprint density at radius 1 is 1.21 bits per heavy atom. The Labute approximate surface area is 228 Å². The van der Waals surface area contributed by atoms with Gasteiger partial charge in [-0.15, -0.1) is 0 Å². The molecule has 4 rings (SSSR count). The number of rotatable bonds is 4. The minimum absolute atomic E-state index is 0. The number of halogens is 1. The number of esters is 1. The van der Waals surface area contributed by atoms with Crippen LogP contribution in [0.5, 0.6) is 0 Å². The van der Waals surface area contributed by atoms with Gasteiger partial charge >= 0.3 is 57.4 Å². The van der Waals surface area contributed by atoms with E-state index in [1.54, 1.807) is 19.1 Å². The number of carbonyl (C=O) groups excluding carboxylic acids is 2. The van der Waals surface area contributed by atoms with Gasteiger partial charge < -0.3 is 33.1 Å². The van der Waals surface area contributed by atoms with E-state index in [1.165, 1.54) is 11.3 Å². The molecule has 0 N–H and O–H groups in total. The van der Waals surface area contributed by atoms with Crippen LogP contribution in [0.25, 0.3) is 16.4 Å². The van der Waals surface area contributed by atoms with Gasteiger partial charge in [0.2, 0.25) is 0 Å². The minimum Gasteiger partial charge on any atom is -0.462 e. The van der Waals surface area contributed by atoms with Crippen molar-refractivity contribution in [1.29, 1.82) is 0 Å². The summed E-state index contributed by atoms with van der Waals surface area (Å²) in [5, 5.41) is 0.576. The molecule has 0 aliphatic carbocycles. The average molecular weight is 512 g/mol. The van der Waals surface area contributed by atoms with Gasteiger partial charge in [0.25, 0.3) is 0 Å². The molecule has 4 nitrogen and oxygen atoms in total. The number of thiophene rings is 1. The van der Waals surface area contributed by atoms with Crippen LogP contribution in [0.2, 0.25) is 0 Å². The zero-order chi connectivity index (χ0) is 20.0. The minimum atomic E-state index is -0.446. The molecule has 0 fully saturated rings. The standard InChI is InChI=1S/C21H16BrNO3S2.K/c1-3-26-20(25)15-14-10-11(2)8-9-23(14)17-16(15)19(28-21(17)27)18(24)12-4-6-13(22)7-5-12;/h4-10,27H,3H2,1-2H3;/q;+1/p-1. The molecule has 0 amide bonds. The summed E-state index contributed by atoms with van der Waals surface area (Å²) >= 11 is 10.2. The summed E-state index contributed by atoms with van der Waals surface area (Å²) in [4.78, 5) is 26.5. The third-order valence-electron chi connectivity index (χ3n) is 4.50. The maximum Gasteiger partial charge on any atom is 1.00 e. The molecule has 0 aliphatic heterocycles. The quantitative estimate of drug-likeness (QED) is 0.183. The maximum atomic E-state index is 13.2. The summed E-state index contributed by atoms with van der Waals surface area (Å²) in [7, 11) is 0. The molecule has 0 saturated carbocycles. The molecule has 142 valence electrons. The van der Waals surface area contributed by atoms with Crippen LogP contribution < -0.4 is 51.4 Å². The second-order valence-corrected chi connectivity index (χ2v) is 8.94. The van der Waals surface area contributed by atoms with Crippen LogP contribution in [0.3, 0.4) is 0 Å². The van der Waals surface area contributed by atoms with E-state index >= 15 is 0 Å². The van der Waals surface area contributed by atoms with Gasteiger partial charge in [-0.3, -0.25) is 4.79 Å². The van der Waals surface area contributed by atoms with Crippen LogP contribution in [0, 0.1) is 6.92 Å². The first-order chi connectivity index (χ1) is 13.4. The van der Waals surface area contributed by atoms with Crippen LogP contribution >= 0.6 is 27.3 Å². The first-order valence-electron chi connectivity index (χ1n) is 8.64. The zero-order valence-corrected chi connectivity index (χ0v) is 22.5. The molecule has 4 aromatic rings. The van der Waals surface area contributed by atoms with Gasteiger partial charge in [-0.2, -0.15) is 0 Å². The second-order valence-electron chi connectivity index (χ2n) is 6.33. The summed E-state index contributed by atoms with van der Waals surface area (Å²) in [6, 6.07) is 11.0. The van der Waals surface area contributed by atoms with Crippen molar-refractivity contribution < 1.29 is 65.7 Å². The Kier molecular flexibility index (Phi) is 7.38. The fraction of sp³-hybridized carbons (Fsp3) is 0.143. The number of ether oxygens (including phenoxy) is 1. The third-order valence-corrected chi connectivity index (χ3v) is 6.45. The predicted molar refractivity (Wildman–Crippen MR) is 117 cm³/mol. The van der Waals surface area contributed by atoms with Crippen molar-refractivity contribution in [1.82, 2.24) is 4.40 Å². The van der Waals surface area contributed by atoms with Gasteiger partial charge in [-0.05, 0) is 60.7 Å². The van der Waals surface area contributed by atoms with Crippen molar-refractivity contribution in [2.75, 3.05) is 6.61 Å². The molecule has 0 atom stereocenters. The van der Waals surface area contributed by atoms with Crippen molar-refractivity contribution >= 4 is 68.1 Å². The van der Waals surface area contributed by atoms with Gasteiger partial charge in [-0.25, -0.2) is 4.79 Å². The van der Waals surface area contributed by atoms with Crippen molar-refractivity contribution in [3.8, 4) is 0 Å². The molecule has 3 aromatic heterocycles. The fourth-order valence-electron chi connectivity index (χ4n) is 3.28. The summed E-state index contributed by atoms with van der Waals surface area (Å²) in [6.45, 7) is 3.97. The number of aryl methyl sites for hydroxylation is 1. The Balaban J connectivity index is 0.00000240. The average Bonchev–Trinajstić information content (AvgIpc) is 3.17. The van der Waals surface area contributed by atoms with E-state index in [9.17, 15) is 9.59 Å². The number of aromatic nitrogens is 1. The summed E-state index contributed by atoms with van der Waals surface area (Å²) in [5.74, 6) is -0.602. The largest absolute Gasteiger partial charge is 1.00 e. The number of hydrogen-bond acceptors (Lipinski definition) is 5. The molecule has 0 aliphatic rings. The van der Waals surface area contributed by atoms with Crippen LogP contribution in [0.4, 0.5) is 0 Å². The molecule has 29 heavy (non-hydrogen) atoms. The van der Waals surface area contributed by atoms with Crippen molar-refractivity contribution in [3.63, 3.8) is 0 Å². The number of ketones is 1. The number of hydrogen-bond donors (Lipinski definition) is 0. The molecule has 1 aromatic carbocycles. The van der Waals surface area contributed by atoms with E-state index in [2.05, 4.69) is 15.9 Å². The Morgan fingerprint density at radius 2 is 1.90 bits per heavy atom. The van der Waals surface area contributed by atoms with E-state index in [-0.39, 0.29) is 63.8 Å². The van der Waals surface area contributed by atoms with E-state index in [4.69, 9.17) is 17.4 Å². The zero-order valence-electron chi connectivity index (χ0n) is 16.1. The predicted octanol–water partition coefficient (Wildman–Crippen LogP) is 2.54. The molecule has 0 radical (unpaired) electrons. The van der Waals surface area contributed by atoms with Gasteiger partial charge in [0, 0.05) is 27.1 Å². The smallest absolute Gasteiger partial charge is 0.462 e. The van der Waals surface area contributed by atoms with E-state index in [0.29, 0.717) is 36.6 Å². The first kappa shape index (κ1) is 23.1. The normalized spacial score (nSPS) is 10.9. The topological polar surface area (TPSA) is 47.8 Å². The Hall–Kier alpha value is -0.584.